The highest BCUT2D eigenvalue weighted by molar-refractivity contribution is 6.01. The van der Waals surface area contributed by atoms with Gasteiger partial charge in [-0.05, 0) is 72.6 Å². The maximum atomic E-state index is 14.2. The molecule has 2 aromatic heterocycles. The largest absolute Gasteiger partial charge is 0.466 e. The van der Waals surface area contributed by atoms with Gasteiger partial charge in [0.2, 0.25) is 0 Å². The van der Waals surface area contributed by atoms with Gasteiger partial charge < -0.3 is 14.6 Å². The number of esters is 1. The lowest BCUT2D eigenvalue weighted by Gasteiger charge is -2.28. The van der Waals surface area contributed by atoms with Crippen LogP contribution < -0.4 is 5.32 Å². The number of H-pyrrole nitrogens is 1. The smallest absolute Gasteiger partial charge is 0.330 e. The summed E-state index contributed by atoms with van der Waals surface area (Å²) in [4.78, 5) is 30.7. The van der Waals surface area contributed by atoms with Gasteiger partial charge in [-0.2, -0.15) is 5.10 Å². The van der Waals surface area contributed by atoms with Crippen LogP contribution in [0.25, 0.3) is 45.7 Å². The Balaban J connectivity index is 1.13. The molecule has 2 fully saturated rings. The second kappa shape index (κ2) is 13.0. The van der Waals surface area contributed by atoms with E-state index in [4.69, 9.17) is 9.72 Å². The maximum absolute atomic E-state index is 14.2. The molecule has 3 aliphatic rings. The van der Waals surface area contributed by atoms with Gasteiger partial charge >= 0.3 is 5.97 Å². The van der Waals surface area contributed by atoms with E-state index >= 15 is 0 Å². The minimum Gasteiger partial charge on any atom is -0.466 e. The summed E-state index contributed by atoms with van der Waals surface area (Å²) in [6, 6.07) is 22.7. The first-order valence-corrected chi connectivity index (χ1v) is 17.6. The van der Waals surface area contributed by atoms with E-state index < -0.39 is 11.5 Å². The third-order valence-corrected chi connectivity index (χ3v) is 10.7. The van der Waals surface area contributed by atoms with Crippen LogP contribution in [0.1, 0.15) is 96.6 Å². The number of benzene rings is 3. The number of nitrogens with zero attached hydrogens (tertiary/aromatic N) is 3. The molecule has 5 aromatic rings. The van der Waals surface area contributed by atoms with Gasteiger partial charge in [0.15, 0.2) is 11.6 Å². The monoisotopic (exact) mass is 651 g/mol. The first kappa shape index (κ1) is 31.1. The molecule has 2 aliphatic carbocycles. The van der Waals surface area contributed by atoms with E-state index in [1.54, 1.807) is 6.08 Å². The highest BCUT2D eigenvalue weighted by atomic mass is 16.5. The fourth-order valence-electron chi connectivity index (χ4n) is 8.25. The van der Waals surface area contributed by atoms with Gasteiger partial charge in [-0.15, -0.1) is 0 Å². The topological polar surface area (TPSA) is 102 Å². The normalized spacial score (nSPS) is 17.2. The molecule has 248 valence electrons. The van der Waals surface area contributed by atoms with Gasteiger partial charge in [-0.3, -0.25) is 9.89 Å². The van der Waals surface area contributed by atoms with E-state index in [1.165, 1.54) is 73.1 Å². The molecule has 1 amide bonds. The van der Waals surface area contributed by atoms with Gasteiger partial charge in [0.1, 0.15) is 0 Å². The van der Waals surface area contributed by atoms with Gasteiger partial charge in [-0.1, -0.05) is 92.8 Å². The molecule has 3 aromatic carbocycles. The third kappa shape index (κ3) is 5.79. The summed E-state index contributed by atoms with van der Waals surface area (Å²) < 4.78 is 7.15. The van der Waals surface area contributed by atoms with Crippen molar-refractivity contribution in [2.45, 2.75) is 75.8 Å². The number of fused-ring (bicyclic) bond motifs is 5. The third-order valence-electron chi connectivity index (χ3n) is 10.7. The number of rotatable bonds is 7. The van der Waals surface area contributed by atoms with Crippen molar-refractivity contribution in [3.05, 3.63) is 107 Å². The lowest BCUT2D eigenvalue weighted by atomic mass is 9.81. The number of nitrogens with one attached hydrogen (secondary N) is 2. The predicted octanol–water partition coefficient (Wildman–Crippen LogP) is 8.55. The van der Waals surface area contributed by atoms with Crippen molar-refractivity contribution >= 4 is 34.9 Å². The van der Waals surface area contributed by atoms with Crippen molar-refractivity contribution in [3.63, 3.8) is 0 Å². The summed E-state index contributed by atoms with van der Waals surface area (Å²) in [5.74, 6) is 1.22. The lowest BCUT2D eigenvalue weighted by molar-refractivity contribution is -0.134. The van der Waals surface area contributed by atoms with E-state index in [0.717, 1.165) is 48.9 Å². The van der Waals surface area contributed by atoms with Crippen LogP contribution in [0.2, 0.25) is 0 Å². The molecule has 8 rings (SSSR count). The zero-order chi connectivity index (χ0) is 33.4. The molecule has 0 unspecified atom stereocenters. The molecule has 2 N–H and O–H groups in total. The SMILES string of the molecule is COC(=O)/C=C/c1cccc(-c2n[nH]c(C3(NC(=O)c4ccc5c(C6CCCCC6)c6n(c5c4)CC=Cc4ccccc4-6)CCCC3)n2)c1. The van der Waals surface area contributed by atoms with E-state index in [9.17, 15) is 9.59 Å². The van der Waals surface area contributed by atoms with Crippen molar-refractivity contribution in [2.75, 3.05) is 7.11 Å². The van der Waals surface area contributed by atoms with E-state index in [-0.39, 0.29) is 5.91 Å². The number of ether oxygens (including phenoxy) is 1. The zero-order valence-electron chi connectivity index (χ0n) is 27.9. The Bertz CT molecular complexity index is 2110. The van der Waals surface area contributed by atoms with Crippen molar-refractivity contribution in [1.29, 1.82) is 0 Å². The molecule has 8 nitrogen and oxygen atoms in total. The number of hydrogen-bond donors (Lipinski definition) is 2. The Morgan fingerprint density at radius 3 is 2.65 bits per heavy atom. The molecule has 0 atom stereocenters. The fraction of sp³-hybridized carbons (Fsp3) is 0.317. The maximum Gasteiger partial charge on any atom is 0.330 e. The number of allylic oxidation sites excluding steroid dienone is 1. The number of amides is 1. The summed E-state index contributed by atoms with van der Waals surface area (Å²) in [7, 11) is 1.35. The standard InChI is InChI=1S/C41H41N5O3/c1-49-35(47)21-18-27-11-9-15-30(25-27)38-42-40(45-44-38)41(22-7-8-23-41)43-39(48)31-19-20-33-34(26-31)46-24-10-16-28-12-5-6-17-32(28)37(46)36(33)29-13-3-2-4-14-29/h5-6,9-12,15-21,25-26,29H,2-4,7-8,13-14,22-24H2,1H3,(H,43,48)(H,42,44,45)/b21-18+. The average molecular weight is 652 g/mol. The second-order valence-electron chi connectivity index (χ2n) is 13.7. The Hall–Kier alpha value is -5.24. The van der Waals surface area contributed by atoms with Crippen LogP contribution in [0, 0.1) is 0 Å². The van der Waals surface area contributed by atoms with Crippen LogP contribution in [0.4, 0.5) is 0 Å². The summed E-state index contributed by atoms with van der Waals surface area (Å²) in [5.41, 5.74) is 8.07. The molecular formula is C41H41N5O3. The molecule has 0 spiro atoms. The van der Waals surface area contributed by atoms with Crippen molar-refractivity contribution in [3.8, 4) is 22.6 Å². The summed E-state index contributed by atoms with van der Waals surface area (Å²) in [5, 5.41) is 12.4. The molecule has 0 bridgehead atoms. The van der Waals surface area contributed by atoms with Crippen LogP contribution in [-0.2, 0) is 21.6 Å². The number of carbonyl (C=O) groups is 2. The minimum atomic E-state index is -0.634. The van der Waals surface area contributed by atoms with Crippen molar-refractivity contribution in [2.24, 2.45) is 0 Å². The van der Waals surface area contributed by atoms with Crippen LogP contribution in [0.5, 0.6) is 0 Å². The van der Waals surface area contributed by atoms with Crippen LogP contribution in [0.15, 0.2) is 78.9 Å². The molecular weight excluding hydrogens is 610 g/mol. The van der Waals surface area contributed by atoms with Crippen molar-refractivity contribution in [1.82, 2.24) is 25.1 Å². The second-order valence-corrected chi connectivity index (χ2v) is 13.7. The van der Waals surface area contributed by atoms with Gasteiger partial charge in [0, 0.05) is 40.2 Å². The summed E-state index contributed by atoms with van der Waals surface area (Å²) in [6.45, 7) is 0.767. The van der Waals surface area contributed by atoms with Crippen LogP contribution >= 0.6 is 0 Å². The van der Waals surface area contributed by atoms with E-state index in [0.29, 0.717) is 23.1 Å². The number of aromatic nitrogens is 4. The highest BCUT2D eigenvalue weighted by Crippen LogP contribution is 2.46. The van der Waals surface area contributed by atoms with Crippen LogP contribution in [-0.4, -0.2) is 38.7 Å². The Labute approximate surface area is 286 Å². The number of hydrogen-bond acceptors (Lipinski definition) is 5. The Morgan fingerprint density at radius 2 is 1.82 bits per heavy atom. The summed E-state index contributed by atoms with van der Waals surface area (Å²) >= 11 is 0. The number of methoxy groups -OCH3 is 1. The molecule has 0 saturated heterocycles. The molecule has 2 saturated carbocycles. The Morgan fingerprint density at radius 1 is 0.980 bits per heavy atom. The van der Waals surface area contributed by atoms with Gasteiger partial charge in [0.05, 0.1) is 18.3 Å². The molecule has 8 heteroatoms. The van der Waals surface area contributed by atoms with Gasteiger partial charge in [0.25, 0.3) is 5.91 Å². The predicted molar refractivity (Wildman–Crippen MR) is 193 cm³/mol. The molecule has 49 heavy (non-hydrogen) atoms. The average Bonchev–Trinajstić information content (AvgIpc) is 3.87. The fourth-order valence-corrected chi connectivity index (χ4v) is 8.25. The molecule has 1 aliphatic heterocycles. The number of aromatic amines is 1. The molecule has 0 radical (unpaired) electrons. The first-order chi connectivity index (χ1) is 24.0. The van der Waals surface area contributed by atoms with Crippen LogP contribution in [0.3, 0.4) is 0 Å². The molecule has 3 heterocycles. The highest BCUT2D eigenvalue weighted by Gasteiger charge is 2.40. The van der Waals surface area contributed by atoms with Crippen molar-refractivity contribution < 1.29 is 14.3 Å². The zero-order valence-corrected chi connectivity index (χ0v) is 27.9. The van der Waals surface area contributed by atoms with E-state index in [2.05, 4.69) is 68.6 Å². The number of carbonyl (C=O) groups excluding carboxylic acids is 2. The van der Waals surface area contributed by atoms with E-state index in [1.807, 2.05) is 30.3 Å². The first-order valence-electron chi connectivity index (χ1n) is 17.6. The lowest BCUT2D eigenvalue weighted by Crippen LogP contribution is -2.44. The minimum absolute atomic E-state index is 0.101. The quantitative estimate of drug-likeness (QED) is 0.136. The summed E-state index contributed by atoms with van der Waals surface area (Å²) in [6.07, 6.45) is 17.4. The van der Waals surface area contributed by atoms with Gasteiger partial charge in [-0.25, -0.2) is 9.78 Å². The Kier molecular flexibility index (Phi) is 8.23.